The number of hydrogen-bond acceptors (Lipinski definition) is 6. The Bertz CT molecular complexity index is 802. The molecule has 0 saturated carbocycles. The van der Waals surface area contributed by atoms with E-state index in [-0.39, 0.29) is 24.7 Å². The van der Waals surface area contributed by atoms with E-state index in [2.05, 4.69) is 10.9 Å². The quantitative estimate of drug-likeness (QED) is 0.534. The number of ether oxygens (including phenoxy) is 2. The van der Waals surface area contributed by atoms with Crippen LogP contribution in [0.25, 0.3) is 0 Å². The van der Waals surface area contributed by atoms with Gasteiger partial charge in [-0.15, -0.1) is 11.3 Å². The second-order valence-electron chi connectivity index (χ2n) is 5.94. The summed E-state index contributed by atoms with van der Waals surface area (Å²) in [6.07, 6.45) is 0.0356. The summed E-state index contributed by atoms with van der Waals surface area (Å²) in [7, 11) is 1.48. The highest BCUT2D eigenvalue weighted by Gasteiger charge is 2.14. The summed E-state index contributed by atoms with van der Waals surface area (Å²) in [6, 6.07) is 8.23. The predicted molar refractivity (Wildman–Crippen MR) is 102 cm³/mol. The van der Waals surface area contributed by atoms with Crippen molar-refractivity contribution in [1.29, 1.82) is 0 Å². The van der Waals surface area contributed by atoms with Crippen molar-refractivity contribution in [2.24, 2.45) is 0 Å². The molecule has 0 aliphatic rings. The Balaban J connectivity index is 1.85. The fourth-order valence-corrected chi connectivity index (χ4v) is 2.90. The largest absolute Gasteiger partial charge is 0.493 e. The number of methoxy groups -OCH3 is 1. The molecule has 1 heterocycles. The standard InChI is InChI=1S/C19H22N2O5S/c1-12(2)26-15-8-6-13(11-16(15)25-3)19(24)21-20-18(23)9-7-14(22)17-5-4-10-27-17/h4-6,8,10-12H,7,9H2,1-3H3,(H,20,23)(H,21,24). The molecule has 2 N–H and O–H groups in total. The molecule has 0 saturated heterocycles. The minimum absolute atomic E-state index is 0.0124. The fraction of sp³-hybridized carbons (Fsp3) is 0.316. The van der Waals surface area contributed by atoms with Gasteiger partial charge in [0.05, 0.1) is 18.1 Å². The highest BCUT2D eigenvalue weighted by molar-refractivity contribution is 7.12. The molecule has 0 fully saturated rings. The van der Waals surface area contributed by atoms with Gasteiger partial charge in [0.1, 0.15) is 0 Å². The summed E-state index contributed by atoms with van der Waals surface area (Å²) in [6.45, 7) is 3.78. The maximum Gasteiger partial charge on any atom is 0.269 e. The zero-order valence-corrected chi connectivity index (χ0v) is 16.2. The van der Waals surface area contributed by atoms with Crippen LogP contribution in [-0.4, -0.2) is 30.8 Å². The molecular weight excluding hydrogens is 368 g/mol. The Morgan fingerprint density at radius 1 is 1.07 bits per heavy atom. The third-order valence-corrected chi connectivity index (χ3v) is 4.39. The second kappa shape index (κ2) is 9.72. The van der Waals surface area contributed by atoms with E-state index in [1.165, 1.54) is 24.5 Å². The molecule has 144 valence electrons. The molecule has 1 aromatic carbocycles. The molecule has 2 amide bonds. The molecule has 0 radical (unpaired) electrons. The van der Waals surface area contributed by atoms with E-state index in [1.807, 2.05) is 13.8 Å². The predicted octanol–water partition coefficient (Wildman–Crippen LogP) is 2.97. The topological polar surface area (TPSA) is 93.7 Å². The molecule has 0 atom stereocenters. The van der Waals surface area contributed by atoms with Crippen LogP contribution < -0.4 is 20.3 Å². The average Bonchev–Trinajstić information content (AvgIpc) is 3.18. The van der Waals surface area contributed by atoms with Gasteiger partial charge in [0.25, 0.3) is 5.91 Å². The summed E-state index contributed by atoms with van der Waals surface area (Å²) < 4.78 is 10.8. The van der Waals surface area contributed by atoms with Crippen molar-refractivity contribution < 1.29 is 23.9 Å². The number of carbonyl (C=O) groups is 3. The van der Waals surface area contributed by atoms with Gasteiger partial charge in [-0.05, 0) is 43.5 Å². The number of rotatable bonds is 8. The number of hydrazine groups is 1. The van der Waals surface area contributed by atoms with E-state index in [0.29, 0.717) is 21.9 Å². The van der Waals surface area contributed by atoms with E-state index < -0.39 is 11.8 Å². The fourth-order valence-electron chi connectivity index (χ4n) is 2.21. The third-order valence-electron chi connectivity index (χ3n) is 3.48. The minimum Gasteiger partial charge on any atom is -0.493 e. The lowest BCUT2D eigenvalue weighted by Crippen LogP contribution is -2.41. The summed E-state index contributed by atoms with van der Waals surface area (Å²) >= 11 is 1.33. The normalized spacial score (nSPS) is 10.4. The highest BCUT2D eigenvalue weighted by Crippen LogP contribution is 2.28. The first-order chi connectivity index (χ1) is 12.9. The molecule has 2 aromatic rings. The number of amides is 2. The number of carbonyl (C=O) groups excluding carboxylic acids is 3. The van der Waals surface area contributed by atoms with E-state index in [4.69, 9.17) is 9.47 Å². The van der Waals surface area contributed by atoms with E-state index >= 15 is 0 Å². The van der Waals surface area contributed by atoms with Crippen molar-refractivity contribution >= 4 is 28.9 Å². The van der Waals surface area contributed by atoms with Gasteiger partial charge in [-0.1, -0.05) is 6.07 Å². The highest BCUT2D eigenvalue weighted by atomic mass is 32.1. The van der Waals surface area contributed by atoms with Crippen LogP contribution in [0.1, 0.15) is 46.7 Å². The van der Waals surface area contributed by atoms with Gasteiger partial charge >= 0.3 is 0 Å². The van der Waals surface area contributed by atoms with Crippen molar-refractivity contribution in [1.82, 2.24) is 10.9 Å². The number of benzene rings is 1. The van der Waals surface area contributed by atoms with Crippen LogP contribution in [0.15, 0.2) is 35.7 Å². The van der Waals surface area contributed by atoms with Crippen LogP contribution in [0.3, 0.4) is 0 Å². The number of ketones is 1. The molecule has 2 rings (SSSR count). The first-order valence-electron chi connectivity index (χ1n) is 8.41. The summed E-state index contributed by atoms with van der Waals surface area (Å²) in [5, 5.41) is 1.80. The van der Waals surface area contributed by atoms with Gasteiger partial charge in [-0.25, -0.2) is 0 Å². The maximum atomic E-state index is 12.2. The van der Waals surface area contributed by atoms with E-state index in [0.717, 1.165) is 0 Å². The van der Waals surface area contributed by atoms with Crippen molar-refractivity contribution in [3.05, 3.63) is 46.2 Å². The van der Waals surface area contributed by atoms with Gasteiger partial charge in [-0.2, -0.15) is 0 Å². The molecule has 27 heavy (non-hydrogen) atoms. The van der Waals surface area contributed by atoms with Crippen LogP contribution >= 0.6 is 11.3 Å². The van der Waals surface area contributed by atoms with E-state index in [9.17, 15) is 14.4 Å². The van der Waals surface area contributed by atoms with Crippen molar-refractivity contribution in [2.75, 3.05) is 7.11 Å². The van der Waals surface area contributed by atoms with Crippen LogP contribution in [0.5, 0.6) is 11.5 Å². The van der Waals surface area contributed by atoms with Gasteiger partial charge in [0.2, 0.25) is 5.91 Å². The number of thiophene rings is 1. The molecule has 0 aliphatic heterocycles. The Labute approximate surface area is 161 Å². The van der Waals surface area contributed by atoms with E-state index in [1.54, 1.807) is 29.6 Å². The third kappa shape index (κ3) is 6.10. The van der Waals surface area contributed by atoms with Crippen LogP contribution in [-0.2, 0) is 4.79 Å². The van der Waals surface area contributed by atoms with Crippen molar-refractivity contribution in [3.63, 3.8) is 0 Å². The van der Waals surface area contributed by atoms with Crippen LogP contribution in [0, 0.1) is 0 Å². The van der Waals surface area contributed by atoms with Crippen molar-refractivity contribution in [3.8, 4) is 11.5 Å². The summed E-state index contributed by atoms with van der Waals surface area (Å²) in [5.74, 6) is -0.0938. The lowest BCUT2D eigenvalue weighted by molar-refractivity contribution is -0.121. The first-order valence-corrected chi connectivity index (χ1v) is 9.29. The van der Waals surface area contributed by atoms with Gasteiger partial charge in [0.15, 0.2) is 17.3 Å². The van der Waals surface area contributed by atoms with Gasteiger partial charge in [0, 0.05) is 18.4 Å². The second-order valence-corrected chi connectivity index (χ2v) is 6.88. The molecule has 0 unspecified atom stereocenters. The van der Waals surface area contributed by atoms with Crippen molar-refractivity contribution in [2.45, 2.75) is 32.8 Å². The molecular formula is C19H22N2O5S. The monoisotopic (exact) mass is 390 g/mol. The first kappa shape index (κ1) is 20.4. The zero-order valence-electron chi connectivity index (χ0n) is 15.4. The Morgan fingerprint density at radius 2 is 1.85 bits per heavy atom. The molecule has 0 spiro atoms. The van der Waals surface area contributed by atoms with Crippen LogP contribution in [0.4, 0.5) is 0 Å². The Hall–Kier alpha value is -2.87. The number of hydrogen-bond donors (Lipinski definition) is 2. The maximum absolute atomic E-state index is 12.2. The Kier molecular flexibility index (Phi) is 7.36. The number of nitrogens with one attached hydrogen (secondary N) is 2. The molecule has 8 heteroatoms. The molecule has 1 aromatic heterocycles. The smallest absolute Gasteiger partial charge is 0.269 e. The SMILES string of the molecule is COc1cc(C(=O)NNC(=O)CCC(=O)c2cccs2)ccc1OC(C)C. The molecule has 0 bridgehead atoms. The average molecular weight is 390 g/mol. The molecule has 7 nitrogen and oxygen atoms in total. The lowest BCUT2D eigenvalue weighted by Gasteiger charge is -2.14. The number of Topliss-reactive ketones (excluding diaryl/α,β-unsaturated/α-hetero) is 1. The van der Waals surface area contributed by atoms with Gasteiger partial charge < -0.3 is 9.47 Å². The Morgan fingerprint density at radius 3 is 2.48 bits per heavy atom. The molecule has 0 aliphatic carbocycles. The summed E-state index contributed by atoms with van der Waals surface area (Å²) in [4.78, 5) is 36.5. The van der Waals surface area contributed by atoms with Crippen LogP contribution in [0.2, 0.25) is 0 Å². The summed E-state index contributed by atoms with van der Waals surface area (Å²) in [5.41, 5.74) is 4.94. The zero-order chi connectivity index (χ0) is 19.8. The van der Waals surface area contributed by atoms with Gasteiger partial charge in [-0.3, -0.25) is 25.2 Å². The lowest BCUT2D eigenvalue weighted by atomic mass is 10.2. The minimum atomic E-state index is -0.498.